The summed E-state index contributed by atoms with van der Waals surface area (Å²) in [5.74, 6) is 0.575. The predicted octanol–water partition coefficient (Wildman–Crippen LogP) is 3.36. The molecule has 0 saturated carbocycles. The predicted molar refractivity (Wildman–Crippen MR) is 85.2 cm³/mol. The first-order valence-electron chi connectivity index (χ1n) is 6.90. The molecule has 1 rings (SSSR count). The van der Waals surface area contributed by atoms with Crippen molar-refractivity contribution in [2.24, 2.45) is 0 Å². The van der Waals surface area contributed by atoms with Gasteiger partial charge >= 0.3 is 6.03 Å². The summed E-state index contributed by atoms with van der Waals surface area (Å²) < 4.78 is 5.58. The van der Waals surface area contributed by atoms with E-state index in [2.05, 4.69) is 5.32 Å². The van der Waals surface area contributed by atoms with Gasteiger partial charge in [0.05, 0.1) is 24.4 Å². The fraction of sp³-hybridized carbons (Fsp3) is 0.533. The molecule has 0 aliphatic rings. The van der Waals surface area contributed by atoms with Crippen molar-refractivity contribution < 1.29 is 14.6 Å². The van der Waals surface area contributed by atoms with Crippen molar-refractivity contribution in [1.82, 2.24) is 4.90 Å². The standard InChI is InChI=1S/C15H23ClN2O3/c1-5-8-21-13-7-6-11(16)9-12(13)17-14(19)18(4)10-15(2,3)20/h6-7,9,20H,5,8,10H2,1-4H3,(H,17,19). The smallest absolute Gasteiger partial charge is 0.321 e. The molecule has 1 aromatic rings. The average molecular weight is 315 g/mol. The molecule has 0 unspecified atom stereocenters. The summed E-state index contributed by atoms with van der Waals surface area (Å²) >= 11 is 5.96. The molecule has 21 heavy (non-hydrogen) atoms. The Morgan fingerprint density at radius 1 is 1.48 bits per heavy atom. The quantitative estimate of drug-likeness (QED) is 0.846. The maximum Gasteiger partial charge on any atom is 0.321 e. The van der Waals surface area contributed by atoms with Crippen LogP contribution in [0, 0.1) is 0 Å². The van der Waals surface area contributed by atoms with Gasteiger partial charge in [-0.15, -0.1) is 0 Å². The van der Waals surface area contributed by atoms with Crippen LogP contribution in [-0.4, -0.2) is 41.8 Å². The molecule has 5 nitrogen and oxygen atoms in total. The lowest BCUT2D eigenvalue weighted by atomic mass is 10.1. The molecule has 2 amide bonds. The monoisotopic (exact) mass is 314 g/mol. The summed E-state index contributed by atoms with van der Waals surface area (Å²) in [4.78, 5) is 13.5. The van der Waals surface area contributed by atoms with E-state index in [1.807, 2.05) is 6.92 Å². The fourth-order valence-electron chi connectivity index (χ4n) is 1.80. The second-order valence-corrected chi connectivity index (χ2v) is 6.02. The van der Waals surface area contributed by atoms with Gasteiger partial charge in [0.1, 0.15) is 5.75 Å². The first kappa shape index (κ1) is 17.6. The summed E-state index contributed by atoms with van der Waals surface area (Å²) in [5.41, 5.74) is -0.439. The molecule has 0 bridgehead atoms. The lowest BCUT2D eigenvalue weighted by Crippen LogP contribution is -2.41. The summed E-state index contributed by atoms with van der Waals surface area (Å²) in [7, 11) is 1.62. The van der Waals surface area contributed by atoms with Gasteiger partial charge in [0.15, 0.2) is 0 Å². The van der Waals surface area contributed by atoms with E-state index in [0.717, 1.165) is 6.42 Å². The molecule has 0 heterocycles. The van der Waals surface area contributed by atoms with E-state index in [4.69, 9.17) is 16.3 Å². The third-order valence-electron chi connectivity index (χ3n) is 2.62. The molecule has 6 heteroatoms. The number of carbonyl (C=O) groups is 1. The molecule has 0 fully saturated rings. The molecular weight excluding hydrogens is 292 g/mol. The number of ether oxygens (including phenoxy) is 1. The number of benzene rings is 1. The number of aliphatic hydroxyl groups is 1. The Morgan fingerprint density at radius 2 is 2.14 bits per heavy atom. The van der Waals surface area contributed by atoms with E-state index in [1.54, 1.807) is 39.1 Å². The van der Waals surface area contributed by atoms with E-state index in [0.29, 0.717) is 23.1 Å². The van der Waals surface area contributed by atoms with Gasteiger partial charge in [0.25, 0.3) is 0 Å². The minimum Gasteiger partial charge on any atom is -0.491 e. The minimum atomic E-state index is -0.956. The number of hydrogen-bond acceptors (Lipinski definition) is 3. The first-order chi connectivity index (χ1) is 9.73. The van der Waals surface area contributed by atoms with Crippen LogP contribution in [0.1, 0.15) is 27.2 Å². The molecule has 0 radical (unpaired) electrons. The van der Waals surface area contributed by atoms with Gasteiger partial charge in [-0.1, -0.05) is 18.5 Å². The van der Waals surface area contributed by atoms with Crippen LogP contribution in [-0.2, 0) is 0 Å². The molecule has 118 valence electrons. The van der Waals surface area contributed by atoms with E-state index < -0.39 is 5.60 Å². The highest BCUT2D eigenvalue weighted by molar-refractivity contribution is 6.31. The maximum atomic E-state index is 12.1. The number of nitrogens with one attached hydrogen (secondary N) is 1. The van der Waals surface area contributed by atoms with E-state index in [-0.39, 0.29) is 12.6 Å². The Morgan fingerprint density at radius 3 is 2.71 bits per heavy atom. The number of urea groups is 1. The molecule has 0 atom stereocenters. The zero-order valence-electron chi connectivity index (χ0n) is 12.9. The minimum absolute atomic E-state index is 0.213. The third kappa shape index (κ3) is 6.23. The highest BCUT2D eigenvalue weighted by atomic mass is 35.5. The number of anilines is 1. The highest BCUT2D eigenvalue weighted by Gasteiger charge is 2.20. The Hall–Kier alpha value is -1.46. The summed E-state index contributed by atoms with van der Waals surface area (Å²) in [5, 5.41) is 13.0. The summed E-state index contributed by atoms with van der Waals surface area (Å²) in [6, 6.07) is 4.75. The largest absolute Gasteiger partial charge is 0.491 e. The van der Waals surface area contributed by atoms with Crippen molar-refractivity contribution in [2.75, 3.05) is 25.5 Å². The lowest BCUT2D eigenvalue weighted by Gasteiger charge is -2.26. The van der Waals surface area contributed by atoms with E-state index in [1.165, 1.54) is 4.90 Å². The van der Waals surface area contributed by atoms with Gasteiger partial charge < -0.3 is 20.1 Å². The van der Waals surface area contributed by atoms with Crippen molar-refractivity contribution >= 4 is 23.3 Å². The van der Waals surface area contributed by atoms with Crippen LogP contribution >= 0.6 is 11.6 Å². The fourth-order valence-corrected chi connectivity index (χ4v) is 1.97. The first-order valence-corrected chi connectivity index (χ1v) is 7.27. The van der Waals surface area contributed by atoms with Gasteiger partial charge in [0, 0.05) is 12.1 Å². The number of carbonyl (C=O) groups excluding carboxylic acids is 1. The Kier molecular flexibility index (Phi) is 6.30. The molecule has 0 aromatic heterocycles. The van der Waals surface area contributed by atoms with Crippen molar-refractivity contribution in [2.45, 2.75) is 32.8 Å². The van der Waals surface area contributed by atoms with Crippen LogP contribution in [0.5, 0.6) is 5.75 Å². The van der Waals surface area contributed by atoms with Crippen molar-refractivity contribution in [3.05, 3.63) is 23.2 Å². The number of halogens is 1. The van der Waals surface area contributed by atoms with Crippen LogP contribution in [0.3, 0.4) is 0 Å². The maximum absolute atomic E-state index is 12.1. The Balaban J connectivity index is 2.80. The second-order valence-electron chi connectivity index (χ2n) is 5.59. The van der Waals surface area contributed by atoms with Crippen LogP contribution in [0.4, 0.5) is 10.5 Å². The Bertz CT molecular complexity index is 486. The molecule has 2 N–H and O–H groups in total. The van der Waals surface area contributed by atoms with Gasteiger partial charge in [0.2, 0.25) is 0 Å². The van der Waals surface area contributed by atoms with Gasteiger partial charge in [-0.05, 0) is 38.5 Å². The number of hydrogen-bond donors (Lipinski definition) is 2. The highest BCUT2D eigenvalue weighted by Crippen LogP contribution is 2.28. The van der Waals surface area contributed by atoms with E-state index in [9.17, 15) is 9.90 Å². The van der Waals surface area contributed by atoms with E-state index >= 15 is 0 Å². The summed E-state index contributed by atoms with van der Waals surface area (Å²) in [6.07, 6.45) is 0.870. The summed E-state index contributed by atoms with van der Waals surface area (Å²) in [6.45, 7) is 6.07. The van der Waals surface area contributed by atoms with Gasteiger partial charge in [-0.25, -0.2) is 4.79 Å². The molecule has 0 spiro atoms. The van der Waals surface area contributed by atoms with Gasteiger partial charge in [-0.3, -0.25) is 0 Å². The SMILES string of the molecule is CCCOc1ccc(Cl)cc1NC(=O)N(C)CC(C)(C)O. The number of amides is 2. The van der Waals surface area contributed by atoms with Crippen LogP contribution < -0.4 is 10.1 Å². The topological polar surface area (TPSA) is 61.8 Å². The molecule has 0 aliphatic carbocycles. The number of likely N-dealkylation sites (N-methyl/N-ethyl adjacent to an activating group) is 1. The molecular formula is C15H23ClN2O3. The number of rotatable bonds is 6. The van der Waals surface area contributed by atoms with Crippen LogP contribution in [0.25, 0.3) is 0 Å². The molecule has 1 aromatic carbocycles. The average Bonchev–Trinajstić information content (AvgIpc) is 2.35. The molecule has 0 saturated heterocycles. The number of nitrogens with zero attached hydrogens (tertiary/aromatic N) is 1. The molecule has 0 aliphatic heterocycles. The van der Waals surface area contributed by atoms with Gasteiger partial charge in [-0.2, -0.15) is 0 Å². The zero-order valence-corrected chi connectivity index (χ0v) is 13.7. The Labute approximate surface area is 130 Å². The second kappa shape index (κ2) is 7.52. The third-order valence-corrected chi connectivity index (χ3v) is 2.85. The van der Waals surface area contributed by atoms with Crippen molar-refractivity contribution in [3.8, 4) is 5.75 Å². The van der Waals surface area contributed by atoms with Crippen molar-refractivity contribution in [1.29, 1.82) is 0 Å². The van der Waals surface area contributed by atoms with Crippen LogP contribution in [0.15, 0.2) is 18.2 Å². The lowest BCUT2D eigenvalue weighted by molar-refractivity contribution is 0.0550. The van der Waals surface area contributed by atoms with Crippen LogP contribution in [0.2, 0.25) is 5.02 Å². The van der Waals surface area contributed by atoms with Crippen molar-refractivity contribution in [3.63, 3.8) is 0 Å². The zero-order chi connectivity index (χ0) is 16.0. The normalized spacial score (nSPS) is 11.1.